The van der Waals surface area contributed by atoms with Gasteiger partial charge in [0.05, 0.1) is 12.3 Å². The van der Waals surface area contributed by atoms with Gasteiger partial charge in [-0.05, 0) is 47.5 Å². The summed E-state index contributed by atoms with van der Waals surface area (Å²) in [6.07, 6.45) is 2.18. The standard InChI is InChI=1S/C16H25NO3S/c1-15(2,3)20-14(18)16(4,5)13-17-12(10-21-13)11-7-6-8-19-9-11/h10-11H,6-9H2,1-5H3. The molecule has 0 amide bonds. The first-order chi connectivity index (χ1) is 9.70. The van der Waals surface area contributed by atoms with Gasteiger partial charge in [0.1, 0.15) is 16.0 Å². The van der Waals surface area contributed by atoms with Crippen LogP contribution >= 0.6 is 11.3 Å². The summed E-state index contributed by atoms with van der Waals surface area (Å²) >= 11 is 1.54. The van der Waals surface area contributed by atoms with Crippen LogP contribution in [0.5, 0.6) is 0 Å². The van der Waals surface area contributed by atoms with Crippen molar-refractivity contribution in [3.8, 4) is 0 Å². The average molecular weight is 311 g/mol. The Bertz CT molecular complexity index is 496. The zero-order valence-corrected chi connectivity index (χ0v) is 14.4. The maximum Gasteiger partial charge on any atom is 0.318 e. The first kappa shape index (κ1) is 16.4. The third-order valence-electron chi connectivity index (χ3n) is 3.54. The van der Waals surface area contributed by atoms with Crippen molar-refractivity contribution in [2.75, 3.05) is 13.2 Å². The molecule has 0 radical (unpaired) electrons. The Morgan fingerprint density at radius 3 is 2.67 bits per heavy atom. The highest BCUT2D eigenvalue weighted by Gasteiger charge is 2.37. The number of carbonyl (C=O) groups is 1. The van der Waals surface area contributed by atoms with Crippen molar-refractivity contribution < 1.29 is 14.3 Å². The first-order valence-corrected chi connectivity index (χ1v) is 8.35. The minimum absolute atomic E-state index is 0.226. The number of hydrogen-bond donors (Lipinski definition) is 0. The van der Waals surface area contributed by atoms with E-state index in [9.17, 15) is 4.79 Å². The summed E-state index contributed by atoms with van der Waals surface area (Å²) in [6, 6.07) is 0. The molecule has 0 aromatic carbocycles. The molecule has 1 fully saturated rings. The van der Waals surface area contributed by atoms with Gasteiger partial charge >= 0.3 is 5.97 Å². The fourth-order valence-electron chi connectivity index (χ4n) is 2.23. The molecule has 0 N–H and O–H groups in total. The van der Waals surface area contributed by atoms with Gasteiger partial charge in [0.2, 0.25) is 0 Å². The normalized spacial score (nSPS) is 20.3. The van der Waals surface area contributed by atoms with E-state index in [4.69, 9.17) is 14.5 Å². The van der Waals surface area contributed by atoms with Gasteiger partial charge in [0.15, 0.2) is 0 Å². The third kappa shape index (κ3) is 4.04. The van der Waals surface area contributed by atoms with E-state index in [1.165, 1.54) is 11.3 Å². The minimum atomic E-state index is -0.717. The lowest BCUT2D eigenvalue weighted by Gasteiger charge is -2.27. The van der Waals surface area contributed by atoms with Crippen LogP contribution in [0, 0.1) is 0 Å². The number of esters is 1. The summed E-state index contributed by atoms with van der Waals surface area (Å²) in [5.74, 6) is 0.133. The molecular formula is C16H25NO3S. The second-order valence-corrected chi connectivity index (χ2v) is 7.98. The maximum absolute atomic E-state index is 12.4. The lowest BCUT2D eigenvalue weighted by molar-refractivity contribution is -0.160. The molecule has 4 nitrogen and oxygen atoms in total. The topological polar surface area (TPSA) is 48.4 Å². The van der Waals surface area contributed by atoms with Gasteiger partial charge in [-0.3, -0.25) is 4.79 Å². The van der Waals surface area contributed by atoms with Crippen LogP contribution in [-0.2, 0) is 19.7 Å². The van der Waals surface area contributed by atoms with E-state index in [0.717, 1.165) is 36.8 Å². The Hall–Kier alpha value is -0.940. The van der Waals surface area contributed by atoms with Crippen LogP contribution in [0.1, 0.15) is 64.1 Å². The van der Waals surface area contributed by atoms with Gasteiger partial charge in [-0.2, -0.15) is 0 Å². The zero-order valence-electron chi connectivity index (χ0n) is 13.6. The molecule has 1 saturated heterocycles. The molecule has 1 aliphatic heterocycles. The Kier molecular flexibility index (Phi) is 4.73. The lowest BCUT2D eigenvalue weighted by atomic mass is 9.94. The maximum atomic E-state index is 12.4. The van der Waals surface area contributed by atoms with Crippen LogP contribution in [0.2, 0.25) is 0 Å². The summed E-state index contributed by atoms with van der Waals surface area (Å²) in [4.78, 5) is 17.1. The van der Waals surface area contributed by atoms with Gasteiger partial charge in [0, 0.05) is 17.9 Å². The number of aromatic nitrogens is 1. The Balaban J connectivity index is 2.13. The van der Waals surface area contributed by atoms with Crippen LogP contribution in [0.15, 0.2) is 5.38 Å². The van der Waals surface area contributed by atoms with Crippen LogP contribution < -0.4 is 0 Å². The van der Waals surface area contributed by atoms with E-state index in [-0.39, 0.29) is 5.97 Å². The predicted octanol–water partition coefficient (Wildman–Crippen LogP) is 3.66. The Labute approximate surface area is 130 Å². The molecule has 2 heterocycles. The zero-order chi connectivity index (χ0) is 15.7. The van der Waals surface area contributed by atoms with Crippen LogP contribution in [0.3, 0.4) is 0 Å². The second-order valence-electron chi connectivity index (χ2n) is 7.12. The molecule has 0 saturated carbocycles. The van der Waals surface area contributed by atoms with Crippen molar-refractivity contribution in [2.45, 2.75) is 64.4 Å². The summed E-state index contributed by atoms with van der Waals surface area (Å²) in [5, 5.41) is 2.87. The minimum Gasteiger partial charge on any atom is -0.459 e. The molecule has 5 heteroatoms. The van der Waals surface area contributed by atoms with E-state index in [0.29, 0.717) is 5.92 Å². The first-order valence-electron chi connectivity index (χ1n) is 7.47. The molecule has 21 heavy (non-hydrogen) atoms. The number of ether oxygens (including phenoxy) is 2. The molecule has 1 unspecified atom stereocenters. The summed E-state index contributed by atoms with van der Waals surface area (Å²) in [5.41, 5.74) is -0.150. The van der Waals surface area contributed by atoms with Crippen molar-refractivity contribution in [1.29, 1.82) is 0 Å². The fraction of sp³-hybridized carbons (Fsp3) is 0.750. The quantitative estimate of drug-likeness (QED) is 0.799. The van der Waals surface area contributed by atoms with Crippen molar-refractivity contribution >= 4 is 17.3 Å². The molecule has 1 aromatic heterocycles. The van der Waals surface area contributed by atoms with E-state index >= 15 is 0 Å². The van der Waals surface area contributed by atoms with Crippen molar-refractivity contribution in [3.05, 3.63) is 16.1 Å². The van der Waals surface area contributed by atoms with Crippen molar-refractivity contribution in [2.24, 2.45) is 0 Å². The van der Waals surface area contributed by atoms with Crippen molar-refractivity contribution in [3.63, 3.8) is 0 Å². The van der Waals surface area contributed by atoms with Crippen LogP contribution in [0.4, 0.5) is 0 Å². The Morgan fingerprint density at radius 1 is 1.38 bits per heavy atom. The molecule has 0 aliphatic carbocycles. The molecule has 118 valence electrons. The van der Waals surface area contributed by atoms with Crippen molar-refractivity contribution in [1.82, 2.24) is 4.98 Å². The summed E-state index contributed by atoms with van der Waals surface area (Å²) < 4.78 is 11.0. The van der Waals surface area contributed by atoms with Crippen LogP contribution in [-0.4, -0.2) is 29.8 Å². The van der Waals surface area contributed by atoms with E-state index in [2.05, 4.69) is 5.38 Å². The highest BCUT2D eigenvalue weighted by atomic mass is 32.1. The number of hydrogen-bond acceptors (Lipinski definition) is 5. The SMILES string of the molecule is CC(C)(C)OC(=O)C(C)(C)c1nc(C2CCCOC2)cs1. The van der Waals surface area contributed by atoms with E-state index < -0.39 is 11.0 Å². The Morgan fingerprint density at radius 2 is 2.10 bits per heavy atom. The third-order valence-corrected chi connectivity index (χ3v) is 4.73. The molecule has 1 aromatic rings. The molecule has 1 aliphatic rings. The van der Waals surface area contributed by atoms with Gasteiger partial charge < -0.3 is 9.47 Å². The average Bonchev–Trinajstić information content (AvgIpc) is 2.88. The largest absolute Gasteiger partial charge is 0.459 e. The molecule has 2 rings (SSSR count). The van der Waals surface area contributed by atoms with E-state index in [1.54, 1.807) is 0 Å². The molecular weight excluding hydrogens is 286 g/mol. The molecule has 0 bridgehead atoms. The van der Waals surface area contributed by atoms with Gasteiger partial charge in [-0.1, -0.05) is 0 Å². The lowest BCUT2D eigenvalue weighted by Crippen LogP contribution is -2.36. The summed E-state index contributed by atoms with van der Waals surface area (Å²) in [6.45, 7) is 11.0. The van der Waals surface area contributed by atoms with E-state index in [1.807, 2.05) is 34.6 Å². The highest BCUT2D eigenvalue weighted by Crippen LogP contribution is 2.33. The smallest absolute Gasteiger partial charge is 0.318 e. The summed E-state index contributed by atoms with van der Waals surface area (Å²) in [7, 11) is 0. The fourth-order valence-corrected chi connectivity index (χ4v) is 3.24. The van der Waals surface area contributed by atoms with Gasteiger partial charge in [-0.15, -0.1) is 11.3 Å². The monoisotopic (exact) mass is 311 g/mol. The second kappa shape index (κ2) is 6.05. The molecule has 0 spiro atoms. The highest BCUT2D eigenvalue weighted by molar-refractivity contribution is 7.10. The van der Waals surface area contributed by atoms with Gasteiger partial charge in [0.25, 0.3) is 0 Å². The number of rotatable bonds is 3. The predicted molar refractivity (Wildman–Crippen MR) is 83.8 cm³/mol. The molecule has 1 atom stereocenters. The number of thiazole rings is 1. The number of carbonyl (C=O) groups excluding carboxylic acids is 1. The van der Waals surface area contributed by atoms with Crippen LogP contribution in [0.25, 0.3) is 0 Å². The number of nitrogens with zero attached hydrogens (tertiary/aromatic N) is 1. The van der Waals surface area contributed by atoms with Gasteiger partial charge in [-0.25, -0.2) is 4.98 Å².